The first kappa shape index (κ1) is 16.2. The van der Waals surface area contributed by atoms with Gasteiger partial charge in [-0.25, -0.2) is 0 Å². The lowest BCUT2D eigenvalue weighted by atomic mass is 10.1. The van der Waals surface area contributed by atoms with Gasteiger partial charge >= 0.3 is 0 Å². The number of nitrogens with zero attached hydrogens (tertiary/aromatic N) is 1. The maximum atomic E-state index is 6.38. The van der Waals surface area contributed by atoms with Crippen molar-refractivity contribution in [2.24, 2.45) is 5.73 Å². The molecule has 1 aromatic carbocycles. The number of hydrogen-bond acceptors (Lipinski definition) is 5. The van der Waals surface area contributed by atoms with E-state index in [1.165, 1.54) is 0 Å². The van der Waals surface area contributed by atoms with Crippen LogP contribution in [0, 0.1) is 0 Å². The molecule has 0 aliphatic carbocycles. The minimum Gasteiger partial charge on any atom is -0.494 e. The summed E-state index contributed by atoms with van der Waals surface area (Å²) in [5.41, 5.74) is 7.43. The molecule has 0 bridgehead atoms. The standard InChI is InChI=1S/C16H26N2O3/c1-4-21-14-8-6-5-7-12(14)13(17)9-18-10-15(19-2)16(11-18)20-3/h5-8,13,15-16H,4,9-11,17H2,1-3H3. The molecule has 2 rings (SSSR count). The first-order valence-electron chi connectivity index (χ1n) is 7.44. The highest BCUT2D eigenvalue weighted by Crippen LogP contribution is 2.26. The summed E-state index contributed by atoms with van der Waals surface area (Å²) in [7, 11) is 3.45. The number of nitrogens with two attached hydrogens (primary N) is 1. The molecule has 0 aromatic heterocycles. The van der Waals surface area contributed by atoms with Crippen molar-refractivity contribution in [1.82, 2.24) is 4.90 Å². The van der Waals surface area contributed by atoms with Crippen LogP contribution in [0.2, 0.25) is 0 Å². The summed E-state index contributed by atoms with van der Waals surface area (Å²) in [6, 6.07) is 7.89. The average Bonchev–Trinajstić information content (AvgIpc) is 2.90. The van der Waals surface area contributed by atoms with Gasteiger partial charge in [-0.2, -0.15) is 0 Å². The topological polar surface area (TPSA) is 57.0 Å². The van der Waals surface area contributed by atoms with Gasteiger partial charge in [0.2, 0.25) is 0 Å². The quantitative estimate of drug-likeness (QED) is 0.824. The Morgan fingerprint density at radius 3 is 2.38 bits per heavy atom. The van der Waals surface area contributed by atoms with Crippen molar-refractivity contribution >= 4 is 0 Å². The number of benzene rings is 1. The third-order valence-electron chi connectivity index (χ3n) is 3.97. The van der Waals surface area contributed by atoms with E-state index in [0.29, 0.717) is 6.61 Å². The van der Waals surface area contributed by atoms with Crippen LogP contribution in [0.5, 0.6) is 5.75 Å². The minimum atomic E-state index is -0.0825. The molecule has 0 saturated carbocycles. The summed E-state index contributed by atoms with van der Waals surface area (Å²) in [4.78, 5) is 2.29. The fourth-order valence-corrected chi connectivity index (χ4v) is 2.87. The fraction of sp³-hybridized carbons (Fsp3) is 0.625. The Morgan fingerprint density at radius 1 is 1.19 bits per heavy atom. The molecule has 5 nitrogen and oxygen atoms in total. The molecule has 5 heteroatoms. The number of rotatable bonds is 7. The van der Waals surface area contributed by atoms with Crippen molar-refractivity contribution in [3.63, 3.8) is 0 Å². The highest BCUT2D eigenvalue weighted by molar-refractivity contribution is 5.36. The van der Waals surface area contributed by atoms with E-state index in [1.54, 1.807) is 14.2 Å². The Balaban J connectivity index is 2.00. The van der Waals surface area contributed by atoms with Gasteiger partial charge in [0.1, 0.15) is 5.75 Å². The summed E-state index contributed by atoms with van der Waals surface area (Å²) in [6.07, 6.45) is 0.230. The normalized spacial score (nSPS) is 24.2. The van der Waals surface area contributed by atoms with Gasteiger partial charge in [0, 0.05) is 45.5 Å². The largest absolute Gasteiger partial charge is 0.494 e. The minimum absolute atomic E-state index is 0.0825. The molecule has 1 aromatic rings. The maximum absolute atomic E-state index is 6.38. The second kappa shape index (κ2) is 7.75. The Labute approximate surface area is 127 Å². The zero-order chi connectivity index (χ0) is 15.2. The van der Waals surface area contributed by atoms with Crippen LogP contribution in [0.15, 0.2) is 24.3 Å². The van der Waals surface area contributed by atoms with E-state index in [1.807, 2.05) is 31.2 Å². The maximum Gasteiger partial charge on any atom is 0.124 e. The van der Waals surface area contributed by atoms with Gasteiger partial charge in [-0.3, -0.25) is 4.90 Å². The molecule has 1 aliphatic rings. The number of hydrogen-bond donors (Lipinski definition) is 1. The van der Waals surface area contributed by atoms with Crippen LogP contribution >= 0.6 is 0 Å². The number of likely N-dealkylation sites (tertiary alicyclic amines) is 1. The molecule has 0 radical (unpaired) electrons. The van der Waals surface area contributed by atoms with Gasteiger partial charge in [-0.05, 0) is 13.0 Å². The second-order valence-corrected chi connectivity index (χ2v) is 5.34. The van der Waals surface area contributed by atoms with Crippen molar-refractivity contribution in [1.29, 1.82) is 0 Å². The molecule has 2 N–H and O–H groups in total. The number of methoxy groups -OCH3 is 2. The summed E-state index contributed by atoms with van der Waals surface area (Å²) in [6.45, 7) is 5.09. The monoisotopic (exact) mass is 294 g/mol. The van der Waals surface area contributed by atoms with Crippen LogP contribution < -0.4 is 10.5 Å². The van der Waals surface area contributed by atoms with Gasteiger partial charge in [0.15, 0.2) is 0 Å². The lowest BCUT2D eigenvalue weighted by Crippen LogP contribution is -2.31. The first-order chi connectivity index (χ1) is 10.2. The van der Waals surface area contributed by atoms with Crippen LogP contribution in [0.3, 0.4) is 0 Å². The fourth-order valence-electron chi connectivity index (χ4n) is 2.87. The van der Waals surface area contributed by atoms with Crippen molar-refractivity contribution in [2.45, 2.75) is 25.2 Å². The van der Waals surface area contributed by atoms with Crippen molar-refractivity contribution in [3.05, 3.63) is 29.8 Å². The third-order valence-corrected chi connectivity index (χ3v) is 3.97. The van der Waals surface area contributed by atoms with E-state index in [2.05, 4.69) is 4.90 Å². The summed E-state index contributed by atoms with van der Waals surface area (Å²) in [5.74, 6) is 0.873. The van der Waals surface area contributed by atoms with Crippen molar-refractivity contribution in [3.8, 4) is 5.75 Å². The molecule has 1 heterocycles. The van der Waals surface area contributed by atoms with Gasteiger partial charge in [-0.15, -0.1) is 0 Å². The first-order valence-corrected chi connectivity index (χ1v) is 7.44. The van der Waals surface area contributed by atoms with Crippen molar-refractivity contribution in [2.75, 3.05) is 40.5 Å². The highest BCUT2D eigenvalue weighted by Gasteiger charge is 2.33. The highest BCUT2D eigenvalue weighted by atomic mass is 16.5. The third kappa shape index (κ3) is 3.95. The SMILES string of the molecule is CCOc1ccccc1C(N)CN1CC(OC)C(OC)C1. The molecule has 21 heavy (non-hydrogen) atoms. The van der Waals surface area contributed by atoms with Crippen LogP contribution in [0.4, 0.5) is 0 Å². The number of para-hydroxylation sites is 1. The Bertz CT molecular complexity index is 429. The van der Waals surface area contributed by atoms with E-state index in [9.17, 15) is 0 Å². The van der Waals surface area contributed by atoms with Crippen LogP contribution in [0.1, 0.15) is 18.5 Å². The molecule has 118 valence electrons. The average molecular weight is 294 g/mol. The molecule has 0 spiro atoms. The predicted octanol–water partition coefficient (Wildman–Crippen LogP) is 1.43. The molecular weight excluding hydrogens is 268 g/mol. The molecular formula is C16H26N2O3. The Hall–Kier alpha value is -1.14. The smallest absolute Gasteiger partial charge is 0.124 e. The second-order valence-electron chi connectivity index (χ2n) is 5.34. The van der Waals surface area contributed by atoms with E-state index >= 15 is 0 Å². The molecule has 3 atom stereocenters. The predicted molar refractivity (Wildman–Crippen MR) is 82.6 cm³/mol. The van der Waals surface area contributed by atoms with Crippen LogP contribution in [-0.4, -0.2) is 57.6 Å². The van der Waals surface area contributed by atoms with Gasteiger partial charge in [0.05, 0.1) is 18.8 Å². The van der Waals surface area contributed by atoms with Crippen molar-refractivity contribution < 1.29 is 14.2 Å². The molecule has 1 saturated heterocycles. The molecule has 3 unspecified atom stereocenters. The summed E-state index contributed by atoms with van der Waals surface area (Å²) >= 11 is 0. The van der Waals surface area contributed by atoms with Gasteiger partial charge in [0.25, 0.3) is 0 Å². The molecule has 1 aliphatic heterocycles. The Kier molecular flexibility index (Phi) is 5.99. The lowest BCUT2D eigenvalue weighted by molar-refractivity contribution is -0.00461. The zero-order valence-electron chi connectivity index (χ0n) is 13.1. The molecule has 0 amide bonds. The molecule has 1 fully saturated rings. The van der Waals surface area contributed by atoms with Gasteiger partial charge < -0.3 is 19.9 Å². The Morgan fingerprint density at radius 2 is 1.81 bits per heavy atom. The van der Waals surface area contributed by atoms with Crippen LogP contribution in [0.25, 0.3) is 0 Å². The lowest BCUT2D eigenvalue weighted by Gasteiger charge is -2.22. The van der Waals surface area contributed by atoms with Gasteiger partial charge in [-0.1, -0.05) is 18.2 Å². The van der Waals surface area contributed by atoms with Crippen LogP contribution in [-0.2, 0) is 9.47 Å². The number of ether oxygens (including phenoxy) is 3. The summed E-state index contributed by atoms with van der Waals surface area (Å²) in [5, 5.41) is 0. The van der Waals surface area contributed by atoms with E-state index in [-0.39, 0.29) is 18.2 Å². The van der Waals surface area contributed by atoms with E-state index < -0.39 is 0 Å². The van der Waals surface area contributed by atoms with E-state index in [0.717, 1.165) is 30.9 Å². The van der Waals surface area contributed by atoms with E-state index in [4.69, 9.17) is 19.9 Å². The summed E-state index contributed by atoms with van der Waals surface area (Å²) < 4.78 is 16.6. The zero-order valence-corrected chi connectivity index (χ0v) is 13.1.